The van der Waals surface area contributed by atoms with E-state index in [1.807, 2.05) is 0 Å². The maximum absolute atomic E-state index is 11.3. The average molecular weight is 211 g/mol. The highest BCUT2D eigenvalue weighted by Gasteiger charge is 2.15. The van der Waals surface area contributed by atoms with E-state index >= 15 is 0 Å². The Morgan fingerprint density at radius 2 is 2.43 bits per heavy atom. The van der Waals surface area contributed by atoms with Crippen molar-refractivity contribution in [2.24, 2.45) is 5.73 Å². The molecule has 0 aliphatic rings. The molecule has 0 aliphatic heterocycles. The third kappa shape index (κ3) is 1.26. The minimum Gasteiger partial charge on any atom is -0.324 e. The SMILES string of the molecule is NCC(=O)c1nc2cnccn2c1Cl. The quantitative estimate of drug-likeness (QED) is 0.734. The molecule has 72 valence electrons. The van der Waals surface area contributed by atoms with E-state index in [-0.39, 0.29) is 23.2 Å². The van der Waals surface area contributed by atoms with Crippen LogP contribution in [0.2, 0.25) is 5.15 Å². The van der Waals surface area contributed by atoms with E-state index in [0.717, 1.165) is 0 Å². The number of carbonyl (C=O) groups is 1. The number of hydrogen-bond donors (Lipinski definition) is 1. The molecule has 2 aromatic heterocycles. The number of imidazole rings is 1. The van der Waals surface area contributed by atoms with Gasteiger partial charge in [-0.05, 0) is 0 Å². The lowest BCUT2D eigenvalue weighted by atomic mass is 10.3. The van der Waals surface area contributed by atoms with Crippen molar-refractivity contribution in [3.8, 4) is 0 Å². The van der Waals surface area contributed by atoms with Crippen LogP contribution in [0.1, 0.15) is 10.5 Å². The summed E-state index contributed by atoms with van der Waals surface area (Å²) in [5, 5.41) is 0.276. The van der Waals surface area contributed by atoms with Gasteiger partial charge in [-0.2, -0.15) is 0 Å². The van der Waals surface area contributed by atoms with Crippen molar-refractivity contribution in [1.82, 2.24) is 14.4 Å². The monoisotopic (exact) mass is 210 g/mol. The summed E-state index contributed by atoms with van der Waals surface area (Å²) in [5.74, 6) is -0.279. The maximum atomic E-state index is 11.3. The van der Waals surface area contributed by atoms with E-state index < -0.39 is 0 Å². The first kappa shape index (κ1) is 9.11. The van der Waals surface area contributed by atoms with Crippen LogP contribution in [0.4, 0.5) is 0 Å². The van der Waals surface area contributed by atoms with Crippen molar-refractivity contribution < 1.29 is 4.79 Å². The Hall–Kier alpha value is -1.46. The third-order valence-electron chi connectivity index (χ3n) is 1.82. The summed E-state index contributed by atoms with van der Waals surface area (Å²) in [6, 6.07) is 0. The highest BCUT2D eigenvalue weighted by molar-refractivity contribution is 6.33. The van der Waals surface area contributed by atoms with Crippen LogP contribution in [-0.4, -0.2) is 26.7 Å². The minimum absolute atomic E-state index is 0.100. The molecule has 0 unspecified atom stereocenters. The predicted octanol–water partition coefficient (Wildman–Crippen LogP) is 0.524. The van der Waals surface area contributed by atoms with Gasteiger partial charge in [0.15, 0.2) is 11.4 Å². The summed E-state index contributed by atoms with van der Waals surface area (Å²) in [6.45, 7) is -0.100. The smallest absolute Gasteiger partial charge is 0.197 e. The van der Waals surface area contributed by atoms with Crippen LogP contribution < -0.4 is 5.73 Å². The standard InChI is InChI=1S/C8H7ClN4O/c9-8-7(5(14)3-10)12-6-4-11-1-2-13(6)8/h1-2,4H,3,10H2. The van der Waals surface area contributed by atoms with E-state index in [1.165, 1.54) is 6.20 Å². The van der Waals surface area contributed by atoms with Crippen molar-refractivity contribution >= 4 is 23.0 Å². The van der Waals surface area contributed by atoms with E-state index in [2.05, 4.69) is 9.97 Å². The largest absolute Gasteiger partial charge is 0.324 e. The number of nitrogens with two attached hydrogens (primary N) is 1. The summed E-state index contributed by atoms with van der Waals surface area (Å²) < 4.78 is 1.58. The second-order valence-electron chi connectivity index (χ2n) is 2.68. The van der Waals surface area contributed by atoms with Crippen molar-refractivity contribution in [3.63, 3.8) is 0 Å². The molecule has 0 radical (unpaired) electrons. The van der Waals surface area contributed by atoms with Crippen LogP contribution in [0.25, 0.3) is 5.65 Å². The summed E-state index contributed by atoms with van der Waals surface area (Å²) >= 11 is 5.93. The van der Waals surface area contributed by atoms with Gasteiger partial charge in [0.25, 0.3) is 0 Å². The first-order chi connectivity index (χ1) is 6.74. The Morgan fingerprint density at radius 1 is 1.64 bits per heavy atom. The summed E-state index contributed by atoms with van der Waals surface area (Å²) in [5.41, 5.74) is 5.95. The van der Waals surface area contributed by atoms with E-state index in [4.69, 9.17) is 17.3 Å². The molecule has 14 heavy (non-hydrogen) atoms. The predicted molar refractivity (Wildman–Crippen MR) is 51.4 cm³/mol. The Balaban J connectivity index is 2.68. The molecule has 0 aliphatic carbocycles. The van der Waals surface area contributed by atoms with Crippen LogP contribution in [-0.2, 0) is 0 Å². The zero-order chi connectivity index (χ0) is 10.1. The van der Waals surface area contributed by atoms with Crippen LogP contribution in [0.15, 0.2) is 18.6 Å². The lowest BCUT2D eigenvalue weighted by Crippen LogP contribution is -2.14. The van der Waals surface area contributed by atoms with Crippen molar-refractivity contribution in [2.75, 3.05) is 6.54 Å². The minimum atomic E-state index is -0.279. The molecule has 0 saturated heterocycles. The number of rotatable bonds is 2. The molecule has 2 aromatic rings. The topological polar surface area (TPSA) is 73.3 Å². The van der Waals surface area contributed by atoms with Gasteiger partial charge in [-0.3, -0.25) is 14.2 Å². The molecular formula is C8H7ClN4O. The Bertz CT molecular complexity index is 493. The Labute approximate surface area is 84.5 Å². The van der Waals surface area contributed by atoms with Gasteiger partial charge in [0.1, 0.15) is 10.8 Å². The van der Waals surface area contributed by atoms with Crippen LogP contribution in [0.5, 0.6) is 0 Å². The first-order valence-electron chi connectivity index (χ1n) is 3.95. The van der Waals surface area contributed by atoms with Crippen LogP contribution in [0.3, 0.4) is 0 Å². The second-order valence-corrected chi connectivity index (χ2v) is 3.04. The fourth-order valence-corrected chi connectivity index (χ4v) is 1.44. The van der Waals surface area contributed by atoms with Gasteiger partial charge in [-0.25, -0.2) is 4.98 Å². The molecule has 2 N–H and O–H groups in total. The number of carbonyl (C=O) groups excluding carboxylic acids is 1. The van der Waals surface area contributed by atoms with Crippen LogP contribution >= 0.6 is 11.6 Å². The zero-order valence-corrected chi connectivity index (χ0v) is 7.90. The van der Waals surface area contributed by atoms with Crippen molar-refractivity contribution in [3.05, 3.63) is 29.4 Å². The number of aromatic nitrogens is 3. The normalized spacial score (nSPS) is 10.7. The number of Topliss-reactive ketones (excluding diaryl/α,β-unsaturated/α-hetero) is 1. The Morgan fingerprint density at radius 3 is 3.07 bits per heavy atom. The lowest BCUT2D eigenvalue weighted by Gasteiger charge is -1.92. The zero-order valence-electron chi connectivity index (χ0n) is 7.14. The summed E-state index contributed by atoms with van der Waals surface area (Å²) in [7, 11) is 0. The van der Waals surface area contributed by atoms with Gasteiger partial charge >= 0.3 is 0 Å². The fourth-order valence-electron chi connectivity index (χ4n) is 1.15. The molecule has 0 fully saturated rings. The van der Waals surface area contributed by atoms with Gasteiger partial charge in [0.2, 0.25) is 0 Å². The molecule has 2 heterocycles. The molecule has 6 heteroatoms. The van der Waals surface area contributed by atoms with Gasteiger partial charge in [-0.1, -0.05) is 11.6 Å². The van der Waals surface area contributed by atoms with E-state index in [1.54, 1.807) is 16.8 Å². The molecule has 0 aromatic carbocycles. The first-order valence-corrected chi connectivity index (χ1v) is 4.32. The molecule has 0 atom stereocenters. The summed E-state index contributed by atoms with van der Waals surface area (Å²) in [4.78, 5) is 19.2. The highest BCUT2D eigenvalue weighted by Crippen LogP contribution is 2.17. The van der Waals surface area contributed by atoms with Crippen molar-refractivity contribution in [1.29, 1.82) is 0 Å². The third-order valence-corrected chi connectivity index (χ3v) is 2.18. The number of nitrogens with zero attached hydrogens (tertiary/aromatic N) is 3. The van der Waals surface area contributed by atoms with Gasteiger partial charge in [0.05, 0.1) is 12.7 Å². The molecule has 0 spiro atoms. The maximum Gasteiger partial charge on any atom is 0.197 e. The number of fused-ring (bicyclic) bond motifs is 1. The average Bonchev–Trinajstić information content (AvgIpc) is 2.56. The molecule has 2 rings (SSSR count). The van der Waals surface area contributed by atoms with Gasteiger partial charge in [0, 0.05) is 12.4 Å². The van der Waals surface area contributed by atoms with Gasteiger partial charge < -0.3 is 5.73 Å². The number of halogens is 1. The number of ketones is 1. The molecule has 0 saturated carbocycles. The fraction of sp³-hybridized carbons (Fsp3) is 0.125. The highest BCUT2D eigenvalue weighted by atomic mass is 35.5. The molecule has 5 nitrogen and oxygen atoms in total. The summed E-state index contributed by atoms with van der Waals surface area (Å²) in [6.07, 6.45) is 4.73. The van der Waals surface area contributed by atoms with E-state index in [0.29, 0.717) is 5.65 Å². The Kier molecular flexibility index (Phi) is 2.18. The van der Waals surface area contributed by atoms with Crippen molar-refractivity contribution in [2.45, 2.75) is 0 Å². The number of hydrogen-bond acceptors (Lipinski definition) is 4. The lowest BCUT2D eigenvalue weighted by molar-refractivity contribution is 0.0997. The van der Waals surface area contributed by atoms with Crippen LogP contribution in [0, 0.1) is 0 Å². The molecular weight excluding hydrogens is 204 g/mol. The second kappa shape index (κ2) is 3.36. The molecule has 0 bridgehead atoms. The molecule has 0 amide bonds. The van der Waals surface area contributed by atoms with E-state index in [9.17, 15) is 4.79 Å². The van der Waals surface area contributed by atoms with Gasteiger partial charge in [-0.15, -0.1) is 0 Å².